The first-order chi connectivity index (χ1) is 5.18. The molecule has 0 saturated carbocycles. The minimum Gasteiger partial charge on any atom is -0.427 e. The molecule has 1 aromatic rings. The minimum atomic E-state index is -0.324. The lowest BCUT2D eigenvalue weighted by Gasteiger charge is -1.99. The largest absolute Gasteiger partial charge is 0.427 e. The van der Waals surface area contributed by atoms with Crippen LogP contribution in [-0.4, -0.2) is 13.8 Å². The number of benzene rings is 1. The molecule has 0 saturated heterocycles. The molecule has 0 aliphatic carbocycles. The van der Waals surface area contributed by atoms with E-state index in [9.17, 15) is 4.79 Å². The van der Waals surface area contributed by atoms with Crippen LogP contribution in [0.2, 0.25) is 0 Å². The van der Waals surface area contributed by atoms with Gasteiger partial charge in [0.25, 0.3) is 0 Å². The van der Waals surface area contributed by atoms with Gasteiger partial charge >= 0.3 is 5.97 Å². The van der Waals surface area contributed by atoms with Gasteiger partial charge in [-0.1, -0.05) is 17.6 Å². The van der Waals surface area contributed by atoms with Crippen molar-refractivity contribution in [3.8, 4) is 5.75 Å². The molecule has 54 valence electrons. The van der Waals surface area contributed by atoms with E-state index in [0.717, 1.165) is 0 Å². The lowest BCUT2D eigenvalue weighted by Crippen LogP contribution is -2.04. The molecular weight excluding hydrogens is 139 g/mol. The highest BCUT2D eigenvalue weighted by Gasteiger charge is 1.94. The Morgan fingerprint density at radius 2 is 1.91 bits per heavy atom. The van der Waals surface area contributed by atoms with E-state index in [2.05, 4.69) is 0 Å². The fourth-order valence-electron chi connectivity index (χ4n) is 0.702. The van der Waals surface area contributed by atoms with Crippen LogP contribution < -0.4 is 10.2 Å². The van der Waals surface area contributed by atoms with E-state index in [-0.39, 0.29) is 5.97 Å². The Bertz CT molecular complexity index is 253. The normalized spacial score (nSPS) is 9.18. The van der Waals surface area contributed by atoms with Crippen LogP contribution >= 0.6 is 0 Å². The highest BCUT2D eigenvalue weighted by molar-refractivity contribution is 6.32. The van der Waals surface area contributed by atoms with Crippen molar-refractivity contribution in [1.29, 1.82) is 0 Å². The molecule has 0 aliphatic rings. The van der Waals surface area contributed by atoms with Crippen LogP contribution in [0.3, 0.4) is 0 Å². The van der Waals surface area contributed by atoms with Crippen molar-refractivity contribution in [2.24, 2.45) is 0 Å². The highest BCUT2D eigenvalue weighted by Crippen LogP contribution is 2.06. The van der Waals surface area contributed by atoms with Crippen molar-refractivity contribution < 1.29 is 9.53 Å². The first-order valence-corrected chi connectivity index (χ1v) is 3.22. The Kier molecular flexibility index (Phi) is 2.31. The molecule has 1 rings (SSSR count). The van der Waals surface area contributed by atoms with E-state index < -0.39 is 0 Å². The van der Waals surface area contributed by atoms with Gasteiger partial charge in [-0.15, -0.1) is 0 Å². The predicted molar refractivity (Wildman–Crippen MR) is 43.1 cm³/mol. The summed E-state index contributed by atoms with van der Waals surface area (Å²) in [6, 6.07) is 6.66. The van der Waals surface area contributed by atoms with Gasteiger partial charge in [-0.3, -0.25) is 4.79 Å². The van der Waals surface area contributed by atoms with Gasteiger partial charge in [0.05, 0.1) is 0 Å². The van der Waals surface area contributed by atoms with Gasteiger partial charge in [-0.25, -0.2) is 0 Å². The zero-order valence-corrected chi connectivity index (χ0v) is 6.20. The van der Waals surface area contributed by atoms with Crippen molar-refractivity contribution in [3.05, 3.63) is 24.3 Å². The molecule has 2 radical (unpaired) electrons. The van der Waals surface area contributed by atoms with E-state index in [1.165, 1.54) is 6.92 Å². The van der Waals surface area contributed by atoms with Gasteiger partial charge in [0, 0.05) is 6.92 Å². The van der Waals surface area contributed by atoms with Crippen LogP contribution in [0.15, 0.2) is 24.3 Å². The molecule has 0 unspecified atom stereocenters. The molecule has 0 bridgehead atoms. The molecule has 0 aliphatic heterocycles. The average Bonchev–Trinajstić information content (AvgIpc) is 1.93. The highest BCUT2D eigenvalue weighted by atomic mass is 16.5. The Balaban J connectivity index is 2.74. The van der Waals surface area contributed by atoms with Crippen LogP contribution in [-0.2, 0) is 4.79 Å². The fraction of sp³-hybridized carbons (Fsp3) is 0.125. The number of carbonyl (C=O) groups is 1. The molecular formula is C8H7BO2. The third kappa shape index (κ3) is 2.46. The second kappa shape index (κ2) is 3.24. The van der Waals surface area contributed by atoms with E-state index >= 15 is 0 Å². The summed E-state index contributed by atoms with van der Waals surface area (Å²) in [6.45, 7) is 1.36. The Morgan fingerprint density at radius 1 is 1.36 bits per heavy atom. The summed E-state index contributed by atoms with van der Waals surface area (Å²) in [5.41, 5.74) is 0.654. The minimum absolute atomic E-state index is 0.324. The Morgan fingerprint density at radius 3 is 2.36 bits per heavy atom. The first-order valence-electron chi connectivity index (χ1n) is 3.22. The van der Waals surface area contributed by atoms with Gasteiger partial charge in [-0.2, -0.15) is 0 Å². The lowest BCUT2D eigenvalue weighted by molar-refractivity contribution is -0.131. The monoisotopic (exact) mass is 146 g/mol. The maximum Gasteiger partial charge on any atom is 0.308 e. The summed E-state index contributed by atoms with van der Waals surface area (Å²) in [7, 11) is 5.42. The number of ether oxygens (including phenoxy) is 1. The first kappa shape index (κ1) is 7.86. The average molecular weight is 146 g/mol. The summed E-state index contributed by atoms with van der Waals surface area (Å²) < 4.78 is 4.77. The number of esters is 1. The number of hydrogen-bond donors (Lipinski definition) is 0. The topological polar surface area (TPSA) is 26.3 Å². The molecule has 0 fully saturated rings. The van der Waals surface area contributed by atoms with E-state index in [4.69, 9.17) is 12.6 Å². The quantitative estimate of drug-likeness (QED) is 0.325. The van der Waals surface area contributed by atoms with Gasteiger partial charge < -0.3 is 4.74 Å². The van der Waals surface area contributed by atoms with Crippen molar-refractivity contribution in [2.45, 2.75) is 6.92 Å². The van der Waals surface area contributed by atoms with Crippen LogP contribution in [0.5, 0.6) is 5.75 Å². The summed E-state index contributed by atoms with van der Waals surface area (Å²) in [6.07, 6.45) is 0. The van der Waals surface area contributed by atoms with Crippen LogP contribution in [0.25, 0.3) is 0 Å². The summed E-state index contributed by atoms with van der Waals surface area (Å²) in [4.78, 5) is 10.4. The summed E-state index contributed by atoms with van der Waals surface area (Å²) in [5.74, 6) is 0.196. The Hall–Kier alpha value is -1.25. The van der Waals surface area contributed by atoms with Crippen molar-refractivity contribution in [2.75, 3.05) is 0 Å². The molecule has 1 aromatic carbocycles. The number of carbonyl (C=O) groups excluding carboxylic acids is 1. The van der Waals surface area contributed by atoms with Crippen molar-refractivity contribution in [3.63, 3.8) is 0 Å². The van der Waals surface area contributed by atoms with Crippen LogP contribution in [0, 0.1) is 0 Å². The Labute approximate surface area is 66.6 Å². The smallest absolute Gasteiger partial charge is 0.308 e. The van der Waals surface area contributed by atoms with Gasteiger partial charge in [0.2, 0.25) is 0 Å². The zero-order chi connectivity index (χ0) is 8.27. The van der Waals surface area contributed by atoms with Crippen molar-refractivity contribution in [1.82, 2.24) is 0 Å². The fourth-order valence-corrected chi connectivity index (χ4v) is 0.702. The molecule has 0 spiro atoms. The molecule has 2 nitrogen and oxygen atoms in total. The molecule has 0 aromatic heterocycles. The molecule has 0 amide bonds. The summed E-state index contributed by atoms with van der Waals surface area (Å²) >= 11 is 0. The third-order valence-electron chi connectivity index (χ3n) is 1.14. The SMILES string of the molecule is [B]c1ccc(OC(C)=O)cc1. The van der Waals surface area contributed by atoms with Gasteiger partial charge in [0.15, 0.2) is 0 Å². The molecule has 0 heterocycles. The van der Waals surface area contributed by atoms with Gasteiger partial charge in [0.1, 0.15) is 13.6 Å². The number of hydrogen-bond acceptors (Lipinski definition) is 2. The molecule has 0 N–H and O–H groups in total. The second-order valence-corrected chi connectivity index (χ2v) is 2.16. The van der Waals surface area contributed by atoms with E-state index in [1.807, 2.05) is 0 Å². The van der Waals surface area contributed by atoms with Gasteiger partial charge in [-0.05, 0) is 12.1 Å². The molecule has 3 heteroatoms. The number of rotatable bonds is 1. The van der Waals surface area contributed by atoms with E-state index in [0.29, 0.717) is 11.2 Å². The second-order valence-electron chi connectivity index (χ2n) is 2.16. The van der Waals surface area contributed by atoms with Crippen LogP contribution in [0.4, 0.5) is 0 Å². The molecule has 11 heavy (non-hydrogen) atoms. The van der Waals surface area contributed by atoms with Crippen molar-refractivity contribution >= 4 is 19.3 Å². The van der Waals surface area contributed by atoms with E-state index in [1.54, 1.807) is 24.3 Å². The maximum atomic E-state index is 10.4. The third-order valence-corrected chi connectivity index (χ3v) is 1.14. The molecule has 0 atom stereocenters. The lowest BCUT2D eigenvalue weighted by atomic mass is 9.97. The van der Waals surface area contributed by atoms with Crippen LogP contribution in [0.1, 0.15) is 6.92 Å². The maximum absolute atomic E-state index is 10.4. The summed E-state index contributed by atoms with van der Waals surface area (Å²) in [5, 5.41) is 0. The standard InChI is InChI=1S/C8H7BO2/c1-6(10)11-8-4-2-7(9)3-5-8/h2-5H,1H3. The predicted octanol–water partition coefficient (Wildman–Crippen LogP) is 0.406. The zero-order valence-electron chi connectivity index (χ0n) is 6.20.